The molecule has 1 aromatic carbocycles. The van der Waals surface area contributed by atoms with Gasteiger partial charge in [-0.25, -0.2) is 13.6 Å². The molecule has 1 aliphatic heterocycles. The highest BCUT2D eigenvalue weighted by Gasteiger charge is 2.37. The molecule has 0 saturated heterocycles. The van der Waals surface area contributed by atoms with Crippen LogP contribution in [0.1, 0.15) is 22.7 Å². The van der Waals surface area contributed by atoms with Gasteiger partial charge in [0.15, 0.2) is 11.6 Å². The van der Waals surface area contributed by atoms with Gasteiger partial charge >= 0.3 is 5.97 Å². The van der Waals surface area contributed by atoms with Crippen LogP contribution in [0.5, 0.6) is 5.75 Å². The molecule has 0 fully saturated rings. The van der Waals surface area contributed by atoms with Gasteiger partial charge in [0, 0.05) is 0 Å². The molecule has 9 heteroatoms. The second-order valence-corrected chi connectivity index (χ2v) is 6.09. The first-order chi connectivity index (χ1) is 11.5. The molecule has 2 aromatic rings. The van der Waals surface area contributed by atoms with Crippen molar-refractivity contribution in [2.75, 3.05) is 20.4 Å². The number of carbonyl (C=O) groups is 1. The number of carbonyl (C=O) groups excluding carboxylic acids is 1. The number of aromatic nitrogens is 1. The van der Waals surface area contributed by atoms with E-state index >= 15 is 0 Å². The van der Waals surface area contributed by atoms with E-state index in [-0.39, 0.29) is 28.1 Å². The highest BCUT2D eigenvalue weighted by atomic mass is 32.2. The lowest BCUT2D eigenvalue weighted by atomic mass is 10.1. The molecule has 0 spiro atoms. The van der Waals surface area contributed by atoms with E-state index in [2.05, 4.69) is 0 Å². The molecule has 0 saturated carbocycles. The lowest BCUT2D eigenvalue weighted by Gasteiger charge is -2.34. The van der Waals surface area contributed by atoms with Crippen LogP contribution in [0.4, 0.5) is 13.2 Å². The van der Waals surface area contributed by atoms with E-state index < -0.39 is 40.8 Å². The molecule has 0 aliphatic carbocycles. The van der Waals surface area contributed by atoms with Crippen molar-refractivity contribution in [1.82, 2.24) is 4.57 Å². The largest absolute Gasteiger partial charge is 0.491 e. The number of nitrogens with zero attached hydrogens (tertiary/aromatic N) is 1. The van der Waals surface area contributed by atoms with Gasteiger partial charge in [0.25, 0.3) is 0 Å². The number of ether oxygens (including phenoxy) is 2. The molecule has 3 rings (SSSR count). The number of thioether (sulfide) groups is 1. The predicted octanol–water partition coefficient (Wildman–Crippen LogP) is 3.04. The minimum Gasteiger partial charge on any atom is -0.491 e. The minimum atomic E-state index is -1.30. The molecule has 1 aliphatic rings. The fourth-order valence-corrected chi connectivity index (χ4v) is 3.75. The Kier molecular flexibility index (Phi) is 4.20. The third-order valence-electron chi connectivity index (χ3n) is 3.65. The van der Waals surface area contributed by atoms with E-state index in [1.165, 1.54) is 4.57 Å². The van der Waals surface area contributed by atoms with E-state index in [1.54, 1.807) is 6.92 Å². The second-order valence-electron chi connectivity index (χ2n) is 4.93. The van der Waals surface area contributed by atoms with E-state index in [9.17, 15) is 22.8 Å². The molecule has 1 aromatic heterocycles. The highest BCUT2D eigenvalue weighted by molar-refractivity contribution is 8.00. The maximum absolute atomic E-state index is 14.0. The molecule has 2 heterocycles. The van der Waals surface area contributed by atoms with Gasteiger partial charge in [0.05, 0.1) is 29.6 Å². The Morgan fingerprint density at radius 3 is 2.71 bits per heavy atom. The van der Waals surface area contributed by atoms with Gasteiger partial charge in [-0.15, -0.1) is 0 Å². The fraction of sp³-hybridized carbons (Fsp3) is 0.333. The topological polar surface area (TPSA) is 57.5 Å². The SMILES string of the molecule is CCOC(=O)c1c2n(c3c(OC)c(F)c(F)cc3c1=O)C(CF)S2. The van der Waals surface area contributed by atoms with Gasteiger partial charge < -0.3 is 14.0 Å². The van der Waals surface area contributed by atoms with Crippen molar-refractivity contribution in [3.63, 3.8) is 0 Å². The molecule has 24 heavy (non-hydrogen) atoms. The Hall–Kier alpha value is -2.16. The van der Waals surface area contributed by atoms with Crippen LogP contribution in [0.3, 0.4) is 0 Å². The van der Waals surface area contributed by atoms with Gasteiger partial charge in [-0.05, 0) is 13.0 Å². The molecule has 5 nitrogen and oxygen atoms in total. The van der Waals surface area contributed by atoms with Crippen LogP contribution in [0.25, 0.3) is 10.9 Å². The lowest BCUT2D eigenvalue weighted by molar-refractivity contribution is 0.0518. The van der Waals surface area contributed by atoms with Gasteiger partial charge in [-0.3, -0.25) is 4.79 Å². The zero-order chi connectivity index (χ0) is 17.6. The number of pyridine rings is 1. The highest BCUT2D eigenvalue weighted by Crippen LogP contribution is 2.49. The van der Waals surface area contributed by atoms with Crippen molar-refractivity contribution >= 4 is 28.6 Å². The summed E-state index contributed by atoms with van der Waals surface area (Å²) in [6, 6.07) is 0.684. The standard InChI is InChI=1S/C15H12F3NO4S/c1-3-23-15(21)9-12(20)6-4-7(17)10(18)13(22-2)11(6)19-8(5-16)24-14(9)19/h4,8H,3,5H2,1-2H3. The van der Waals surface area contributed by atoms with Crippen molar-refractivity contribution in [2.45, 2.75) is 17.3 Å². The first kappa shape index (κ1) is 16.7. The van der Waals surface area contributed by atoms with Gasteiger partial charge in [-0.2, -0.15) is 4.39 Å². The Morgan fingerprint density at radius 1 is 1.42 bits per heavy atom. The van der Waals surface area contributed by atoms with E-state index in [0.717, 1.165) is 18.9 Å². The average molecular weight is 359 g/mol. The summed E-state index contributed by atoms with van der Waals surface area (Å²) in [5, 5.41) is -0.885. The second kappa shape index (κ2) is 6.04. The van der Waals surface area contributed by atoms with Crippen LogP contribution in [0.15, 0.2) is 15.9 Å². The normalized spacial score (nSPS) is 15.8. The van der Waals surface area contributed by atoms with Crippen molar-refractivity contribution in [3.05, 3.63) is 33.5 Å². The van der Waals surface area contributed by atoms with Crippen LogP contribution in [-0.2, 0) is 4.74 Å². The zero-order valence-corrected chi connectivity index (χ0v) is 13.5. The summed E-state index contributed by atoms with van der Waals surface area (Å²) in [7, 11) is 1.12. The van der Waals surface area contributed by atoms with Crippen LogP contribution >= 0.6 is 11.8 Å². The van der Waals surface area contributed by atoms with Gasteiger partial charge in [-0.1, -0.05) is 11.8 Å². The first-order valence-electron chi connectivity index (χ1n) is 7.00. The van der Waals surface area contributed by atoms with Crippen molar-refractivity contribution < 1.29 is 27.4 Å². The lowest BCUT2D eigenvalue weighted by Crippen LogP contribution is -2.31. The maximum Gasteiger partial charge on any atom is 0.344 e. The quantitative estimate of drug-likeness (QED) is 0.786. The van der Waals surface area contributed by atoms with Crippen LogP contribution in [0.2, 0.25) is 0 Å². The summed E-state index contributed by atoms with van der Waals surface area (Å²) < 4.78 is 52.0. The Morgan fingerprint density at radius 2 is 2.12 bits per heavy atom. The smallest absolute Gasteiger partial charge is 0.344 e. The molecule has 128 valence electrons. The van der Waals surface area contributed by atoms with Crippen LogP contribution in [0, 0.1) is 11.6 Å². The fourth-order valence-electron chi connectivity index (χ4n) is 2.65. The summed E-state index contributed by atoms with van der Waals surface area (Å²) in [6.45, 7) is 0.784. The monoisotopic (exact) mass is 359 g/mol. The van der Waals surface area contributed by atoms with E-state index in [0.29, 0.717) is 6.07 Å². The van der Waals surface area contributed by atoms with E-state index in [1.807, 2.05) is 0 Å². The van der Waals surface area contributed by atoms with Gasteiger partial charge in [0.1, 0.15) is 17.6 Å². The summed E-state index contributed by atoms with van der Waals surface area (Å²) in [6.07, 6.45) is 0. The minimum absolute atomic E-state index is 0.0358. The zero-order valence-electron chi connectivity index (χ0n) is 12.7. The van der Waals surface area contributed by atoms with Crippen molar-refractivity contribution in [2.24, 2.45) is 0 Å². The number of hydrogen-bond acceptors (Lipinski definition) is 5. The number of benzene rings is 1. The molecule has 0 amide bonds. The molecule has 0 bridgehead atoms. The summed E-state index contributed by atoms with van der Waals surface area (Å²) in [5.41, 5.74) is -1.20. The van der Waals surface area contributed by atoms with Crippen LogP contribution in [-0.4, -0.2) is 30.9 Å². The average Bonchev–Trinajstić information content (AvgIpc) is 2.53. The summed E-state index contributed by atoms with van der Waals surface area (Å²) >= 11 is 0.954. The predicted molar refractivity (Wildman–Crippen MR) is 81.5 cm³/mol. The molecular formula is C15H12F3NO4S. The summed E-state index contributed by atoms with van der Waals surface area (Å²) in [5.74, 6) is -3.97. The number of fused-ring (bicyclic) bond motifs is 3. The number of esters is 1. The van der Waals surface area contributed by atoms with Crippen molar-refractivity contribution in [1.29, 1.82) is 0 Å². The first-order valence-corrected chi connectivity index (χ1v) is 7.88. The maximum atomic E-state index is 14.0. The molecular weight excluding hydrogens is 347 g/mol. The number of alkyl halides is 1. The Balaban J connectivity index is 2.46. The molecule has 1 unspecified atom stereocenters. The third-order valence-corrected chi connectivity index (χ3v) is 4.88. The number of hydrogen-bond donors (Lipinski definition) is 0. The molecule has 0 radical (unpaired) electrons. The Bertz CT molecular complexity index is 912. The number of methoxy groups -OCH3 is 1. The van der Waals surface area contributed by atoms with Gasteiger partial charge in [0.2, 0.25) is 11.2 Å². The molecule has 1 atom stereocenters. The third kappa shape index (κ3) is 2.18. The Labute approximate surface area is 138 Å². The van der Waals surface area contributed by atoms with Crippen LogP contribution < -0.4 is 10.2 Å². The van der Waals surface area contributed by atoms with Crippen molar-refractivity contribution in [3.8, 4) is 5.75 Å². The molecule has 0 N–H and O–H groups in total. The number of rotatable bonds is 4. The summed E-state index contributed by atoms with van der Waals surface area (Å²) in [4.78, 5) is 24.7. The van der Waals surface area contributed by atoms with E-state index in [4.69, 9.17) is 9.47 Å². The number of halogens is 3.